The van der Waals surface area contributed by atoms with Crippen LogP contribution in [0.25, 0.3) is 0 Å². The van der Waals surface area contributed by atoms with Gasteiger partial charge in [0.15, 0.2) is 0 Å². The number of nitrogens with one attached hydrogen (secondary N) is 2. The van der Waals surface area contributed by atoms with Crippen molar-refractivity contribution < 1.29 is 29.9 Å². The number of nitrogens with two attached hydrogens (primary N) is 1. The minimum Gasteiger partial charge on any atom is -0.507 e. The van der Waals surface area contributed by atoms with Crippen molar-refractivity contribution in [2.45, 2.75) is 18.8 Å². The highest BCUT2D eigenvalue weighted by atomic mass is 16.4. The van der Waals surface area contributed by atoms with Gasteiger partial charge in [-0.25, -0.2) is 4.79 Å². The van der Waals surface area contributed by atoms with Crippen LogP contribution in [0.5, 0.6) is 5.75 Å². The second-order valence-corrected chi connectivity index (χ2v) is 6.87. The van der Waals surface area contributed by atoms with Crippen LogP contribution < -0.4 is 16.4 Å². The lowest BCUT2D eigenvalue weighted by atomic mass is 9.69. The third kappa shape index (κ3) is 6.56. The second kappa shape index (κ2) is 11.3. The Morgan fingerprint density at radius 3 is 2.40 bits per heavy atom. The fourth-order valence-electron chi connectivity index (χ4n) is 2.93. The molecule has 2 aromatic carbocycles. The highest BCUT2D eigenvalue weighted by molar-refractivity contribution is 6.43. The summed E-state index contributed by atoms with van der Waals surface area (Å²) in [6.07, 6.45) is -0.0311. The first-order valence-corrected chi connectivity index (χ1v) is 9.51. The molecule has 0 fully saturated rings. The van der Waals surface area contributed by atoms with Crippen LogP contribution >= 0.6 is 0 Å². The highest BCUT2D eigenvalue weighted by Gasteiger charge is 2.26. The van der Waals surface area contributed by atoms with E-state index in [0.717, 1.165) is 5.56 Å². The molecule has 0 unspecified atom stereocenters. The number of rotatable bonds is 11. The smallest absolute Gasteiger partial charge is 0.456 e. The topological polar surface area (TPSA) is 165 Å². The molecule has 0 aromatic heterocycles. The van der Waals surface area contributed by atoms with E-state index in [2.05, 4.69) is 10.6 Å². The molecular weight excluding hydrogens is 389 g/mol. The minimum atomic E-state index is -1.77. The van der Waals surface area contributed by atoms with E-state index in [0.29, 0.717) is 25.2 Å². The third-order valence-electron chi connectivity index (χ3n) is 4.64. The van der Waals surface area contributed by atoms with E-state index in [1.165, 1.54) is 18.2 Å². The van der Waals surface area contributed by atoms with E-state index >= 15 is 0 Å². The first-order chi connectivity index (χ1) is 14.3. The maximum Gasteiger partial charge on any atom is 0.456 e. The van der Waals surface area contributed by atoms with Crippen LogP contribution in [0, 0.1) is 0 Å². The molecule has 0 saturated carbocycles. The van der Waals surface area contributed by atoms with Gasteiger partial charge in [-0.1, -0.05) is 24.3 Å². The van der Waals surface area contributed by atoms with Crippen molar-refractivity contribution in [1.82, 2.24) is 10.6 Å². The van der Waals surface area contributed by atoms with Gasteiger partial charge in [-0.2, -0.15) is 0 Å². The molecule has 8 N–H and O–H groups in total. The summed E-state index contributed by atoms with van der Waals surface area (Å²) in [5, 5.41) is 44.3. The van der Waals surface area contributed by atoms with Crippen LogP contribution in [0.3, 0.4) is 0 Å². The summed E-state index contributed by atoms with van der Waals surface area (Å²) in [6, 6.07) is 11.2. The van der Waals surface area contributed by atoms with Crippen LogP contribution in [-0.2, 0) is 13.0 Å². The first-order valence-electron chi connectivity index (χ1n) is 9.51. The number of aromatic hydroxyl groups is 1. The molecule has 160 valence electrons. The standard InChI is InChI=1S/C20H26BN3O6/c22-8-9-23-11-13-4-6-14(7-5-13)19(26)24-12-16(21(29)30)10-15-2-1-3-17(18(15)25)20(27)28/h1-7,16,23,25,29-30H,8-12,22H2,(H,24,26)(H,27,28)/t16-/m1/s1. The Morgan fingerprint density at radius 2 is 1.80 bits per heavy atom. The van der Waals surface area contributed by atoms with Gasteiger partial charge in [-0.05, 0) is 35.7 Å². The molecule has 0 radical (unpaired) electrons. The Labute approximate surface area is 174 Å². The molecule has 0 heterocycles. The average molecular weight is 415 g/mol. The van der Waals surface area contributed by atoms with Crippen molar-refractivity contribution in [3.63, 3.8) is 0 Å². The normalized spacial score (nSPS) is 11.7. The Morgan fingerprint density at radius 1 is 1.10 bits per heavy atom. The van der Waals surface area contributed by atoms with Crippen molar-refractivity contribution >= 4 is 19.0 Å². The Bertz CT molecular complexity index is 860. The molecule has 0 aliphatic rings. The van der Waals surface area contributed by atoms with E-state index in [4.69, 9.17) is 10.8 Å². The summed E-state index contributed by atoms with van der Waals surface area (Å²) in [7, 11) is -1.77. The summed E-state index contributed by atoms with van der Waals surface area (Å²) < 4.78 is 0. The fourth-order valence-corrected chi connectivity index (χ4v) is 2.93. The van der Waals surface area contributed by atoms with Gasteiger partial charge in [0.05, 0.1) is 0 Å². The van der Waals surface area contributed by atoms with Crippen LogP contribution in [0.2, 0.25) is 5.82 Å². The molecule has 30 heavy (non-hydrogen) atoms. The number of carbonyl (C=O) groups excluding carboxylic acids is 1. The minimum absolute atomic E-state index is 0.0311. The Balaban J connectivity index is 1.98. The van der Waals surface area contributed by atoms with Gasteiger partial charge in [0, 0.05) is 37.6 Å². The predicted octanol–water partition coefficient (Wildman–Crippen LogP) is -0.0458. The summed E-state index contributed by atoms with van der Waals surface area (Å²) in [5.41, 5.74) is 6.81. The summed E-state index contributed by atoms with van der Waals surface area (Å²) in [6.45, 7) is 1.79. The molecular formula is C20H26BN3O6. The molecule has 10 heteroatoms. The van der Waals surface area contributed by atoms with E-state index < -0.39 is 24.7 Å². The quantitative estimate of drug-likeness (QED) is 0.198. The third-order valence-corrected chi connectivity index (χ3v) is 4.64. The summed E-state index contributed by atoms with van der Waals surface area (Å²) >= 11 is 0. The molecule has 1 amide bonds. The number of carbonyl (C=O) groups is 2. The van der Waals surface area contributed by atoms with E-state index in [1.54, 1.807) is 12.1 Å². The van der Waals surface area contributed by atoms with Gasteiger partial charge >= 0.3 is 13.1 Å². The molecule has 9 nitrogen and oxygen atoms in total. The zero-order valence-corrected chi connectivity index (χ0v) is 16.4. The number of benzene rings is 2. The fraction of sp³-hybridized carbons (Fsp3) is 0.300. The number of phenols is 1. The Hall–Kier alpha value is -2.92. The first kappa shape index (κ1) is 23.4. The molecule has 2 rings (SSSR count). The maximum atomic E-state index is 12.4. The van der Waals surface area contributed by atoms with Crippen LogP contribution in [0.1, 0.15) is 31.8 Å². The molecule has 1 atom stereocenters. The van der Waals surface area contributed by atoms with E-state index in [9.17, 15) is 24.7 Å². The van der Waals surface area contributed by atoms with E-state index in [1.807, 2.05) is 12.1 Å². The lowest BCUT2D eigenvalue weighted by Gasteiger charge is -2.18. The number of para-hydroxylation sites is 1. The van der Waals surface area contributed by atoms with Crippen LogP contribution in [0.4, 0.5) is 0 Å². The summed E-state index contributed by atoms with van der Waals surface area (Å²) in [5.74, 6) is -2.94. The molecule has 0 aliphatic heterocycles. The molecule has 0 saturated heterocycles. The van der Waals surface area contributed by atoms with Gasteiger partial charge in [-0.3, -0.25) is 4.79 Å². The van der Waals surface area contributed by atoms with E-state index in [-0.39, 0.29) is 30.0 Å². The number of hydrogen-bond donors (Lipinski definition) is 7. The zero-order chi connectivity index (χ0) is 22.1. The van der Waals surface area contributed by atoms with Crippen LogP contribution in [-0.4, -0.2) is 58.9 Å². The van der Waals surface area contributed by atoms with Crippen molar-refractivity contribution in [3.8, 4) is 5.75 Å². The Kier molecular flexibility index (Phi) is 8.81. The van der Waals surface area contributed by atoms with Gasteiger partial charge < -0.3 is 36.6 Å². The van der Waals surface area contributed by atoms with Crippen molar-refractivity contribution in [2.24, 2.45) is 5.73 Å². The predicted molar refractivity (Wildman–Crippen MR) is 112 cm³/mol. The lowest BCUT2D eigenvalue weighted by molar-refractivity contribution is 0.0693. The van der Waals surface area contributed by atoms with Crippen molar-refractivity contribution in [1.29, 1.82) is 0 Å². The highest BCUT2D eigenvalue weighted by Crippen LogP contribution is 2.27. The zero-order valence-electron chi connectivity index (χ0n) is 16.4. The number of hydrogen-bond acceptors (Lipinski definition) is 7. The van der Waals surface area contributed by atoms with Crippen molar-refractivity contribution in [3.05, 3.63) is 64.7 Å². The second-order valence-electron chi connectivity index (χ2n) is 6.87. The van der Waals surface area contributed by atoms with Crippen molar-refractivity contribution in [2.75, 3.05) is 19.6 Å². The average Bonchev–Trinajstić information content (AvgIpc) is 2.72. The van der Waals surface area contributed by atoms with Crippen LogP contribution in [0.15, 0.2) is 42.5 Å². The van der Waals surface area contributed by atoms with Gasteiger partial charge in [0.25, 0.3) is 5.91 Å². The number of carboxylic acid groups (broad SMARTS) is 1. The van der Waals surface area contributed by atoms with Gasteiger partial charge in [0.2, 0.25) is 0 Å². The number of aromatic carboxylic acids is 1. The number of amides is 1. The largest absolute Gasteiger partial charge is 0.507 e. The maximum absolute atomic E-state index is 12.4. The summed E-state index contributed by atoms with van der Waals surface area (Å²) in [4.78, 5) is 23.5. The lowest BCUT2D eigenvalue weighted by Crippen LogP contribution is -2.35. The molecule has 0 spiro atoms. The SMILES string of the molecule is NCCNCc1ccc(C(=O)NC[C@@H](Cc2cccc(C(=O)O)c2O)B(O)O)cc1. The monoisotopic (exact) mass is 415 g/mol. The number of carboxylic acids is 1. The molecule has 0 aliphatic carbocycles. The molecule has 2 aromatic rings. The van der Waals surface area contributed by atoms with Gasteiger partial charge in [-0.15, -0.1) is 0 Å². The molecule has 0 bridgehead atoms. The van der Waals surface area contributed by atoms with Gasteiger partial charge in [0.1, 0.15) is 11.3 Å².